The van der Waals surface area contributed by atoms with Crippen molar-refractivity contribution >= 4 is 29.2 Å². The molecule has 2 amide bonds. The summed E-state index contributed by atoms with van der Waals surface area (Å²) >= 11 is 0. The number of piperidine rings is 1. The lowest BCUT2D eigenvalue weighted by Crippen LogP contribution is -2.59. The average molecular weight is 431 g/mol. The number of ether oxygens (including phenoxy) is 1. The number of halogens is 3. The first-order chi connectivity index (χ1) is 13.9. The Bertz CT molecular complexity index is 850. The summed E-state index contributed by atoms with van der Waals surface area (Å²) in [7, 11) is 0. The van der Waals surface area contributed by atoms with Crippen LogP contribution in [0.3, 0.4) is 0 Å². The van der Waals surface area contributed by atoms with Crippen LogP contribution in [0.5, 0.6) is 0 Å². The molecule has 30 heavy (non-hydrogen) atoms. The molecule has 1 aromatic carbocycles. The van der Waals surface area contributed by atoms with E-state index in [-0.39, 0.29) is 38.2 Å². The van der Waals surface area contributed by atoms with Gasteiger partial charge in [0.15, 0.2) is 0 Å². The molecule has 0 aromatic heterocycles. The van der Waals surface area contributed by atoms with E-state index in [4.69, 9.17) is 4.74 Å². The van der Waals surface area contributed by atoms with Crippen LogP contribution in [0, 0.1) is 10.1 Å². The number of carbonyl (C=O) groups is 3. The van der Waals surface area contributed by atoms with Crippen molar-refractivity contribution in [3.8, 4) is 0 Å². The number of rotatable bonds is 4. The summed E-state index contributed by atoms with van der Waals surface area (Å²) in [5.74, 6) is -4.42. The van der Waals surface area contributed by atoms with E-state index in [9.17, 15) is 37.7 Å². The van der Waals surface area contributed by atoms with Gasteiger partial charge in [0.25, 0.3) is 5.69 Å². The SMILES string of the molecule is CCOC(=O)C(=O)N(c1ccccc1[N+](=O)[O-])C1(C)CCN(C(=O)C(F)(F)F)CC1. The highest BCUT2D eigenvalue weighted by atomic mass is 19.4. The molecule has 1 heterocycles. The molecule has 1 aliphatic rings. The molecule has 9 nitrogen and oxygen atoms in total. The summed E-state index contributed by atoms with van der Waals surface area (Å²) in [4.78, 5) is 48.7. The molecule has 1 aromatic rings. The average Bonchev–Trinajstić information content (AvgIpc) is 2.67. The number of nitrogens with zero attached hydrogens (tertiary/aromatic N) is 3. The number of nitro benzene ring substituents is 1. The Balaban J connectivity index is 2.44. The topological polar surface area (TPSA) is 110 Å². The maximum Gasteiger partial charge on any atom is 0.471 e. The van der Waals surface area contributed by atoms with Crippen LogP contribution in [-0.4, -0.2) is 59.0 Å². The van der Waals surface area contributed by atoms with Crippen LogP contribution in [0.25, 0.3) is 0 Å². The molecule has 0 bridgehead atoms. The van der Waals surface area contributed by atoms with E-state index < -0.39 is 40.1 Å². The maximum absolute atomic E-state index is 12.9. The van der Waals surface area contributed by atoms with Gasteiger partial charge >= 0.3 is 24.0 Å². The zero-order valence-corrected chi connectivity index (χ0v) is 16.3. The Kier molecular flexibility index (Phi) is 6.68. The van der Waals surface area contributed by atoms with Crippen molar-refractivity contribution in [1.29, 1.82) is 0 Å². The number of anilines is 1. The molecular weight excluding hydrogens is 411 g/mol. The van der Waals surface area contributed by atoms with Crippen molar-refractivity contribution in [1.82, 2.24) is 4.90 Å². The third kappa shape index (κ3) is 4.69. The van der Waals surface area contributed by atoms with E-state index in [2.05, 4.69) is 0 Å². The van der Waals surface area contributed by atoms with Crippen LogP contribution >= 0.6 is 0 Å². The minimum atomic E-state index is -5.04. The molecule has 0 saturated carbocycles. The minimum Gasteiger partial charge on any atom is -0.459 e. The van der Waals surface area contributed by atoms with E-state index in [1.165, 1.54) is 32.0 Å². The highest BCUT2D eigenvalue weighted by Gasteiger charge is 2.48. The molecule has 0 N–H and O–H groups in total. The molecule has 1 fully saturated rings. The number of nitro groups is 1. The highest BCUT2D eigenvalue weighted by molar-refractivity contribution is 6.38. The van der Waals surface area contributed by atoms with E-state index >= 15 is 0 Å². The van der Waals surface area contributed by atoms with Crippen molar-refractivity contribution < 1.29 is 37.2 Å². The molecule has 12 heteroatoms. The van der Waals surface area contributed by atoms with Crippen molar-refractivity contribution in [3.63, 3.8) is 0 Å². The second kappa shape index (κ2) is 8.67. The number of amides is 2. The van der Waals surface area contributed by atoms with Gasteiger partial charge in [0.1, 0.15) is 5.69 Å². The first-order valence-corrected chi connectivity index (χ1v) is 9.03. The molecular formula is C18H20F3N3O6. The van der Waals surface area contributed by atoms with Crippen LogP contribution in [0.15, 0.2) is 24.3 Å². The van der Waals surface area contributed by atoms with Gasteiger partial charge in [-0.1, -0.05) is 12.1 Å². The predicted molar refractivity (Wildman–Crippen MR) is 97.5 cm³/mol. The number of para-hydroxylation sites is 2. The van der Waals surface area contributed by atoms with Crippen molar-refractivity contribution in [2.24, 2.45) is 0 Å². The number of hydrogen-bond acceptors (Lipinski definition) is 6. The van der Waals surface area contributed by atoms with Gasteiger partial charge in [0.05, 0.1) is 11.5 Å². The van der Waals surface area contributed by atoms with Crippen molar-refractivity contribution in [2.75, 3.05) is 24.6 Å². The number of alkyl halides is 3. The quantitative estimate of drug-likeness (QED) is 0.313. The van der Waals surface area contributed by atoms with Crippen LogP contribution in [-0.2, 0) is 19.1 Å². The second-order valence-electron chi connectivity index (χ2n) is 6.89. The lowest BCUT2D eigenvalue weighted by molar-refractivity contribution is -0.384. The highest BCUT2D eigenvalue weighted by Crippen LogP contribution is 2.38. The standard InChI is InChI=1S/C18H20F3N3O6/c1-3-30-15(26)14(25)23(12-6-4-5-7-13(12)24(28)29)17(2)8-10-22(11-9-17)16(27)18(19,20)21/h4-7H,3,8-11H2,1-2H3. The van der Waals surface area contributed by atoms with Crippen molar-refractivity contribution in [2.45, 2.75) is 38.4 Å². The number of benzene rings is 1. The van der Waals surface area contributed by atoms with Gasteiger partial charge in [-0.05, 0) is 32.8 Å². The number of esters is 1. The molecule has 1 saturated heterocycles. The largest absolute Gasteiger partial charge is 0.471 e. The molecule has 1 aliphatic heterocycles. The Hall–Kier alpha value is -3.18. The summed E-state index contributed by atoms with van der Waals surface area (Å²) in [6.07, 6.45) is -5.30. The third-order valence-corrected chi connectivity index (χ3v) is 4.88. The third-order valence-electron chi connectivity index (χ3n) is 4.88. The predicted octanol–water partition coefficient (Wildman–Crippen LogP) is 2.43. The van der Waals surface area contributed by atoms with Gasteiger partial charge in [0.2, 0.25) is 0 Å². The smallest absolute Gasteiger partial charge is 0.459 e. The second-order valence-corrected chi connectivity index (χ2v) is 6.89. The summed E-state index contributed by atoms with van der Waals surface area (Å²) in [5.41, 5.74) is -1.90. The van der Waals surface area contributed by atoms with Gasteiger partial charge in [-0.25, -0.2) is 4.79 Å². The molecule has 164 valence electrons. The maximum atomic E-state index is 12.9. The molecule has 0 radical (unpaired) electrons. The van der Waals surface area contributed by atoms with E-state index in [0.29, 0.717) is 4.90 Å². The monoisotopic (exact) mass is 431 g/mol. The van der Waals surface area contributed by atoms with Crippen LogP contribution in [0.4, 0.5) is 24.5 Å². The first kappa shape index (κ1) is 23.1. The van der Waals surface area contributed by atoms with Crippen molar-refractivity contribution in [3.05, 3.63) is 34.4 Å². The zero-order chi connectivity index (χ0) is 22.7. The fraction of sp³-hybridized carbons (Fsp3) is 0.500. The lowest BCUT2D eigenvalue weighted by atomic mass is 9.86. The Morgan fingerprint density at radius 3 is 2.30 bits per heavy atom. The first-order valence-electron chi connectivity index (χ1n) is 9.03. The summed E-state index contributed by atoms with van der Waals surface area (Å²) < 4.78 is 42.9. The van der Waals surface area contributed by atoms with E-state index in [1.807, 2.05) is 0 Å². The summed E-state index contributed by atoms with van der Waals surface area (Å²) in [5, 5.41) is 11.5. The Morgan fingerprint density at radius 1 is 1.23 bits per heavy atom. The molecule has 2 rings (SSSR count). The minimum absolute atomic E-state index is 0.111. The molecule has 0 unspecified atom stereocenters. The Morgan fingerprint density at radius 2 is 1.80 bits per heavy atom. The van der Waals surface area contributed by atoms with Crippen LogP contribution in [0.1, 0.15) is 26.7 Å². The van der Waals surface area contributed by atoms with Gasteiger partial charge in [-0.2, -0.15) is 13.2 Å². The summed E-state index contributed by atoms with van der Waals surface area (Å²) in [6.45, 7) is 2.17. The molecule has 0 aliphatic carbocycles. The number of hydrogen-bond donors (Lipinski definition) is 0. The van der Waals surface area contributed by atoms with Gasteiger partial charge in [-0.15, -0.1) is 0 Å². The number of likely N-dealkylation sites (tertiary alicyclic amines) is 1. The van der Waals surface area contributed by atoms with E-state index in [0.717, 1.165) is 11.0 Å². The van der Waals surface area contributed by atoms with Gasteiger partial charge in [-0.3, -0.25) is 24.6 Å². The summed E-state index contributed by atoms with van der Waals surface area (Å²) in [6, 6.07) is 5.22. The van der Waals surface area contributed by atoms with Gasteiger partial charge < -0.3 is 9.64 Å². The lowest BCUT2D eigenvalue weighted by Gasteiger charge is -2.45. The normalized spacial score (nSPS) is 16.0. The fourth-order valence-corrected chi connectivity index (χ4v) is 3.33. The fourth-order valence-electron chi connectivity index (χ4n) is 3.33. The van der Waals surface area contributed by atoms with Crippen LogP contribution in [0.2, 0.25) is 0 Å². The zero-order valence-electron chi connectivity index (χ0n) is 16.3. The van der Waals surface area contributed by atoms with E-state index in [1.54, 1.807) is 0 Å². The van der Waals surface area contributed by atoms with Crippen LogP contribution < -0.4 is 4.90 Å². The Labute approximate surface area is 169 Å². The van der Waals surface area contributed by atoms with Gasteiger partial charge in [0, 0.05) is 24.7 Å². The number of carbonyl (C=O) groups excluding carboxylic acids is 3. The molecule has 0 spiro atoms. The molecule has 0 atom stereocenters.